The van der Waals surface area contributed by atoms with Crippen molar-refractivity contribution in [2.45, 2.75) is 32.9 Å². The predicted octanol–water partition coefficient (Wildman–Crippen LogP) is 2.22. The van der Waals surface area contributed by atoms with Gasteiger partial charge >= 0.3 is 0 Å². The summed E-state index contributed by atoms with van der Waals surface area (Å²) in [6, 6.07) is 6.70. The Morgan fingerprint density at radius 1 is 1.23 bits per heavy atom. The minimum Gasteiger partial charge on any atom is -0.383 e. The molecule has 0 saturated carbocycles. The van der Waals surface area contributed by atoms with Crippen molar-refractivity contribution in [2.24, 2.45) is 5.92 Å². The Morgan fingerprint density at radius 2 is 2.04 bits per heavy atom. The molecule has 0 aliphatic carbocycles. The van der Waals surface area contributed by atoms with E-state index in [2.05, 4.69) is 49.6 Å². The van der Waals surface area contributed by atoms with E-state index >= 15 is 0 Å². The van der Waals surface area contributed by atoms with Gasteiger partial charge in [0.25, 0.3) is 5.91 Å². The van der Waals surface area contributed by atoms with Gasteiger partial charge in [0.15, 0.2) is 0 Å². The molecule has 3 aliphatic rings. The van der Waals surface area contributed by atoms with Crippen molar-refractivity contribution >= 4 is 22.9 Å². The Hall–Kier alpha value is -2.05. The lowest BCUT2D eigenvalue weighted by Crippen LogP contribution is -2.50. The Kier molecular flexibility index (Phi) is 4.63. The van der Waals surface area contributed by atoms with Crippen LogP contribution in [0.25, 0.3) is 5.57 Å². The van der Waals surface area contributed by atoms with Crippen LogP contribution in [0.15, 0.2) is 23.9 Å². The first kappa shape index (κ1) is 17.4. The molecule has 1 aromatic rings. The lowest BCUT2D eigenvalue weighted by molar-refractivity contribution is -0.115. The van der Waals surface area contributed by atoms with Crippen LogP contribution in [0.4, 0.5) is 11.4 Å². The van der Waals surface area contributed by atoms with E-state index in [1.54, 1.807) is 0 Å². The summed E-state index contributed by atoms with van der Waals surface area (Å²) in [5.41, 5.74) is 4.63. The summed E-state index contributed by atoms with van der Waals surface area (Å²) in [5.74, 6) is 0.579. The molecule has 6 nitrogen and oxygen atoms in total. The molecule has 3 aliphatic heterocycles. The number of hydrogen-bond acceptors (Lipinski definition) is 5. The minimum absolute atomic E-state index is 0.0513. The molecule has 0 bridgehead atoms. The number of anilines is 2. The number of ether oxygens (including phenoxy) is 2. The summed E-state index contributed by atoms with van der Waals surface area (Å²) in [6.45, 7) is 9.63. The second-order valence-corrected chi connectivity index (χ2v) is 7.61. The molecule has 26 heavy (non-hydrogen) atoms. The number of amides is 1. The Labute approximate surface area is 154 Å². The van der Waals surface area contributed by atoms with Crippen LogP contribution in [0.3, 0.4) is 0 Å². The summed E-state index contributed by atoms with van der Waals surface area (Å²) < 4.78 is 10.9. The Morgan fingerprint density at radius 3 is 2.65 bits per heavy atom. The Bertz CT molecular complexity index is 732. The van der Waals surface area contributed by atoms with Crippen LogP contribution in [-0.4, -0.2) is 51.0 Å². The van der Waals surface area contributed by atoms with E-state index in [0.29, 0.717) is 38.4 Å². The SMILES string of the molecule is CC(C)C(C)Nc1ccc2c(c1)/C(=C1\COCCN1)C(=O)N2C1COC1. The second kappa shape index (κ2) is 6.93. The Balaban J connectivity index is 1.74. The van der Waals surface area contributed by atoms with E-state index in [9.17, 15) is 4.79 Å². The van der Waals surface area contributed by atoms with Crippen LogP contribution in [0.1, 0.15) is 26.3 Å². The van der Waals surface area contributed by atoms with E-state index in [1.165, 1.54) is 0 Å². The van der Waals surface area contributed by atoms with Crippen LogP contribution in [0.2, 0.25) is 0 Å². The van der Waals surface area contributed by atoms with Crippen LogP contribution >= 0.6 is 0 Å². The van der Waals surface area contributed by atoms with Gasteiger partial charge in [-0.3, -0.25) is 9.69 Å². The van der Waals surface area contributed by atoms with Gasteiger partial charge in [-0.2, -0.15) is 0 Å². The zero-order valence-corrected chi connectivity index (χ0v) is 15.7. The van der Waals surface area contributed by atoms with Gasteiger partial charge in [-0.25, -0.2) is 0 Å². The number of morpholine rings is 1. The summed E-state index contributed by atoms with van der Waals surface area (Å²) in [5, 5.41) is 6.91. The van der Waals surface area contributed by atoms with Crippen molar-refractivity contribution in [3.8, 4) is 0 Å². The van der Waals surface area contributed by atoms with E-state index in [0.717, 1.165) is 34.8 Å². The number of hydrogen-bond donors (Lipinski definition) is 2. The predicted molar refractivity (Wildman–Crippen MR) is 102 cm³/mol. The second-order valence-electron chi connectivity index (χ2n) is 7.61. The third kappa shape index (κ3) is 2.97. The number of nitrogens with one attached hydrogen (secondary N) is 2. The van der Waals surface area contributed by atoms with Crippen molar-refractivity contribution in [2.75, 3.05) is 43.2 Å². The van der Waals surface area contributed by atoms with E-state index in [4.69, 9.17) is 9.47 Å². The number of carbonyl (C=O) groups excluding carboxylic acids is 1. The molecule has 6 heteroatoms. The summed E-state index contributed by atoms with van der Waals surface area (Å²) >= 11 is 0. The van der Waals surface area contributed by atoms with Gasteiger partial charge < -0.3 is 20.1 Å². The number of rotatable bonds is 4. The molecule has 1 amide bonds. The molecular weight excluding hydrogens is 330 g/mol. The first-order valence-electron chi connectivity index (χ1n) is 9.43. The maximum Gasteiger partial charge on any atom is 0.261 e. The maximum absolute atomic E-state index is 13.2. The minimum atomic E-state index is 0.0513. The van der Waals surface area contributed by atoms with Gasteiger partial charge in [-0.1, -0.05) is 13.8 Å². The fourth-order valence-corrected chi connectivity index (χ4v) is 3.50. The van der Waals surface area contributed by atoms with E-state index < -0.39 is 0 Å². The first-order chi connectivity index (χ1) is 12.6. The fraction of sp³-hybridized carbons (Fsp3) is 0.550. The monoisotopic (exact) mass is 357 g/mol. The van der Waals surface area contributed by atoms with Gasteiger partial charge in [-0.15, -0.1) is 0 Å². The molecule has 4 rings (SSSR count). The molecule has 1 aromatic carbocycles. The average Bonchev–Trinajstić information content (AvgIpc) is 2.86. The van der Waals surface area contributed by atoms with Gasteiger partial charge in [0.1, 0.15) is 0 Å². The van der Waals surface area contributed by atoms with Crippen LogP contribution in [-0.2, 0) is 14.3 Å². The number of nitrogens with zero attached hydrogens (tertiary/aromatic N) is 1. The maximum atomic E-state index is 13.2. The van der Waals surface area contributed by atoms with Gasteiger partial charge in [0, 0.05) is 23.8 Å². The average molecular weight is 357 g/mol. The molecule has 140 valence electrons. The fourth-order valence-electron chi connectivity index (χ4n) is 3.50. The molecule has 3 heterocycles. The highest BCUT2D eigenvalue weighted by atomic mass is 16.5. The standard InChI is InChI=1S/C20H27N3O3/c1-12(2)13(3)22-14-4-5-18-16(8-14)19(17-11-25-7-6-21-17)20(24)23(18)15-9-26-10-15/h4-5,8,12-13,15,21-22H,6-7,9-11H2,1-3H3/b19-17-. The van der Waals surface area contributed by atoms with Crippen molar-refractivity contribution in [3.63, 3.8) is 0 Å². The molecular formula is C20H27N3O3. The van der Waals surface area contributed by atoms with E-state index in [-0.39, 0.29) is 11.9 Å². The van der Waals surface area contributed by atoms with Gasteiger partial charge in [-0.05, 0) is 31.0 Å². The first-order valence-corrected chi connectivity index (χ1v) is 9.43. The number of benzene rings is 1. The largest absolute Gasteiger partial charge is 0.383 e. The lowest BCUT2D eigenvalue weighted by atomic mass is 10.0. The van der Waals surface area contributed by atoms with Crippen molar-refractivity contribution in [3.05, 3.63) is 29.5 Å². The summed E-state index contributed by atoms with van der Waals surface area (Å²) in [6.07, 6.45) is 0. The third-order valence-corrected chi connectivity index (χ3v) is 5.47. The van der Waals surface area contributed by atoms with Crippen LogP contribution in [0, 0.1) is 5.92 Å². The van der Waals surface area contributed by atoms with Crippen LogP contribution in [0.5, 0.6) is 0 Å². The highest BCUT2D eigenvalue weighted by Crippen LogP contribution is 2.42. The van der Waals surface area contributed by atoms with Crippen molar-refractivity contribution in [1.82, 2.24) is 5.32 Å². The van der Waals surface area contributed by atoms with Crippen molar-refractivity contribution in [1.29, 1.82) is 0 Å². The van der Waals surface area contributed by atoms with Crippen molar-refractivity contribution < 1.29 is 14.3 Å². The molecule has 0 spiro atoms. The smallest absolute Gasteiger partial charge is 0.261 e. The lowest BCUT2D eigenvalue weighted by Gasteiger charge is -2.34. The molecule has 2 N–H and O–H groups in total. The summed E-state index contributed by atoms with van der Waals surface area (Å²) in [7, 11) is 0. The number of carbonyl (C=O) groups is 1. The zero-order chi connectivity index (χ0) is 18.3. The molecule has 0 aromatic heterocycles. The highest BCUT2D eigenvalue weighted by molar-refractivity contribution is 6.33. The topological polar surface area (TPSA) is 62.8 Å². The molecule has 2 saturated heterocycles. The quantitative estimate of drug-likeness (QED) is 0.809. The van der Waals surface area contributed by atoms with Gasteiger partial charge in [0.05, 0.1) is 49.4 Å². The normalized spacial score (nSPS) is 24.3. The third-order valence-electron chi connectivity index (χ3n) is 5.47. The van der Waals surface area contributed by atoms with Gasteiger partial charge in [0.2, 0.25) is 0 Å². The van der Waals surface area contributed by atoms with Crippen LogP contribution < -0.4 is 15.5 Å². The molecule has 2 fully saturated rings. The molecule has 1 unspecified atom stereocenters. The summed E-state index contributed by atoms with van der Waals surface area (Å²) in [4.78, 5) is 15.1. The molecule has 1 atom stereocenters. The molecule has 0 radical (unpaired) electrons. The zero-order valence-electron chi connectivity index (χ0n) is 15.7. The highest BCUT2D eigenvalue weighted by Gasteiger charge is 2.41. The van der Waals surface area contributed by atoms with E-state index in [1.807, 2.05) is 4.90 Å². The number of fused-ring (bicyclic) bond motifs is 1.